The molecule has 2 heterocycles. The smallest absolute Gasteiger partial charge is 0.333 e. The summed E-state index contributed by atoms with van der Waals surface area (Å²) in [5.41, 5.74) is -0.540. The van der Waals surface area contributed by atoms with E-state index in [2.05, 4.69) is 10.4 Å². The van der Waals surface area contributed by atoms with Gasteiger partial charge in [0.1, 0.15) is 6.04 Å². The van der Waals surface area contributed by atoms with Crippen LogP contribution in [-0.2, 0) is 9.59 Å². The fourth-order valence-electron chi connectivity index (χ4n) is 2.71. The first-order valence-corrected chi connectivity index (χ1v) is 7.25. The minimum absolute atomic E-state index is 0.0171. The number of amides is 2. The van der Waals surface area contributed by atoms with Crippen LogP contribution < -0.4 is 10.2 Å². The average molecular weight is 356 g/mol. The minimum atomic E-state index is -2.90. The third kappa shape index (κ3) is 2.94. The summed E-state index contributed by atoms with van der Waals surface area (Å²) in [6.07, 6.45) is 2.52. The molecule has 0 spiro atoms. The van der Waals surface area contributed by atoms with Crippen LogP contribution in [0.2, 0.25) is 0 Å². The van der Waals surface area contributed by atoms with Crippen molar-refractivity contribution in [2.24, 2.45) is 0 Å². The molecule has 1 saturated heterocycles. The number of hydrogen-bond acceptors (Lipinski definition) is 3. The van der Waals surface area contributed by atoms with Crippen LogP contribution in [0.4, 0.5) is 23.2 Å². The van der Waals surface area contributed by atoms with Gasteiger partial charge in [0.05, 0.1) is 11.9 Å². The SMILES string of the molecule is O=CNC1CCN(c2ccc(-c3cnn(C(F)F)c3)c(F)c2F)C1=O. The van der Waals surface area contributed by atoms with E-state index in [0.717, 1.165) is 17.3 Å². The largest absolute Gasteiger partial charge is 0.347 e. The Hall–Kier alpha value is -2.91. The van der Waals surface area contributed by atoms with Crippen molar-refractivity contribution in [3.63, 3.8) is 0 Å². The second kappa shape index (κ2) is 6.54. The number of carbonyl (C=O) groups excluding carboxylic acids is 2. The maximum Gasteiger partial charge on any atom is 0.333 e. The molecular weight excluding hydrogens is 344 g/mol. The highest BCUT2D eigenvalue weighted by Gasteiger charge is 2.34. The molecule has 2 aromatic rings. The van der Waals surface area contributed by atoms with E-state index in [9.17, 15) is 27.2 Å². The number of aromatic nitrogens is 2. The van der Waals surface area contributed by atoms with E-state index in [1.54, 1.807) is 0 Å². The van der Waals surface area contributed by atoms with Crippen molar-refractivity contribution < 1.29 is 27.2 Å². The number of halogens is 4. The van der Waals surface area contributed by atoms with Crippen molar-refractivity contribution in [2.75, 3.05) is 11.4 Å². The zero-order valence-corrected chi connectivity index (χ0v) is 12.6. The van der Waals surface area contributed by atoms with Gasteiger partial charge < -0.3 is 10.2 Å². The molecular formula is C15H12F4N4O2. The standard InChI is InChI=1S/C15H12F4N4O2/c16-12-9(8-5-21-23(6-8)15(18)19)1-2-11(13(12)17)22-4-3-10(14(22)25)20-7-24/h1-2,5-7,10,15H,3-4H2,(H,20,24). The fourth-order valence-corrected chi connectivity index (χ4v) is 2.71. The Balaban J connectivity index is 1.93. The van der Waals surface area contributed by atoms with E-state index < -0.39 is 30.1 Å². The Kier molecular flexibility index (Phi) is 4.43. The van der Waals surface area contributed by atoms with Crippen LogP contribution in [0.15, 0.2) is 24.5 Å². The summed E-state index contributed by atoms with van der Waals surface area (Å²) in [4.78, 5) is 23.6. The average Bonchev–Trinajstić information content (AvgIpc) is 3.19. The van der Waals surface area contributed by atoms with Crippen LogP contribution in [0.3, 0.4) is 0 Å². The first-order chi connectivity index (χ1) is 11.9. The van der Waals surface area contributed by atoms with E-state index in [1.807, 2.05) is 0 Å². The topological polar surface area (TPSA) is 67.2 Å². The number of alkyl halides is 2. The summed E-state index contributed by atoms with van der Waals surface area (Å²) in [6.45, 7) is -2.78. The third-order valence-corrected chi connectivity index (χ3v) is 3.94. The van der Waals surface area contributed by atoms with Gasteiger partial charge in [0, 0.05) is 23.9 Å². The Labute approximate surface area is 139 Å². The predicted molar refractivity (Wildman–Crippen MR) is 78.8 cm³/mol. The van der Waals surface area contributed by atoms with Crippen LogP contribution in [0.5, 0.6) is 0 Å². The van der Waals surface area contributed by atoms with Gasteiger partial charge in [-0.15, -0.1) is 0 Å². The monoisotopic (exact) mass is 356 g/mol. The molecule has 2 amide bonds. The molecule has 1 aliphatic heterocycles. The Bertz CT molecular complexity index is 824. The van der Waals surface area contributed by atoms with Gasteiger partial charge in [-0.25, -0.2) is 13.5 Å². The molecule has 1 aromatic heterocycles. The van der Waals surface area contributed by atoms with Crippen molar-refractivity contribution in [2.45, 2.75) is 19.0 Å². The first kappa shape index (κ1) is 16.9. The summed E-state index contributed by atoms with van der Waals surface area (Å²) >= 11 is 0. The molecule has 10 heteroatoms. The van der Waals surface area contributed by atoms with Crippen molar-refractivity contribution in [3.8, 4) is 11.1 Å². The van der Waals surface area contributed by atoms with Gasteiger partial charge in [0.2, 0.25) is 12.3 Å². The van der Waals surface area contributed by atoms with Crippen molar-refractivity contribution in [1.82, 2.24) is 15.1 Å². The number of nitrogens with zero attached hydrogens (tertiary/aromatic N) is 3. The minimum Gasteiger partial charge on any atom is -0.347 e. The third-order valence-electron chi connectivity index (χ3n) is 3.94. The molecule has 0 aliphatic carbocycles. The molecule has 6 nitrogen and oxygen atoms in total. The van der Waals surface area contributed by atoms with Gasteiger partial charge in [0.25, 0.3) is 0 Å². The lowest BCUT2D eigenvalue weighted by molar-refractivity contribution is -0.121. The first-order valence-electron chi connectivity index (χ1n) is 7.25. The molecule has 1 N–H and O–H groups in total. The maximum absolute atomic E-state index is 14.4. The number of benzene rings is 1. The van der Waals surface area contributed by atoms with Gasteiger partial charge in [0.15, 0.2) is 11.6 Å². The van der Waals surface area contributed by atoms with Crippen LogP contribution >= 0.6 is 0 Å². The quantitative estimate of drug-likeness (QED) is 0.659. The van der Waals surface area contributed by atoms with Gasteiger partial charge >= 0.3 is 6.55 Å². The summed E-state index contributed by atoms with van der Waals surface area (Å²) < 4.78 is 54.2. The summed E-state index contributed by atoms with van der Waals surface area (Å²) in [6, 6.07) is 1.59. The molecule has 1 fully saturated rings. The highest BCUT2D eigenvalue weighted by atomic mass is 19.3. The van der Waals surface area contributed by atoms with Crippen molar-refractivity contribution in [1.29, 1.82) is 0 Å². The predicted octanol–water partition coefficient (Wildman–Crippen LogP) is 2.07. The maximum atomic E-state index is 14.4. The van der Waals surface area contributed by atoms with Gasteiger partial charge in [-0.2, -0.15) is 13.9 Å². The van der Waals surface area contributed by atoms with Gasteiger partial charge in [-0.1, -0.05) is 0 Å². The van der Waals surface area contributed by atoms with Gasteiger partial charge in [-0.3, -0.25) is 9.59 Å². The second-order valence-corrected chi connectivity index (χ2v) is 5.36. The Morgan fingerprint density at radius 3 is 2.68 bits per heavy atom. The van der Waals surface area contributed by atoms with E-state index in [1.165, 1.54) is 12.1 Å². The van der Waals surface area contributed by atoms with Crippen LogP contribution in [0, 0.1) is 11.6 Å². The highest BCUT2D eigenvalue weighted by Crippen LogP contribution is 2.32. The second-order valence-electron chi connectivity index (χ2n) is 5.36. The van der Waals surface area contributed by atoms with Crippen molar-refractivity contribution in [3.05, 3.63) is 36.2 Å². The zero-order chi connectivity index (χ0) is 18.1. The molecule has 3 rings (SSSR count). The lowest BCUT2D eigenvalue weighted by atomic mass is 10.1. The molecule has 1 aromatic carbocycles. The molecule has 0 bridgehead atoms. The highest BCUT2D eigenvalue weighted by molar-refractivity contribution is 6.00. The summed E-state index contributed by atoms with van der Waals surface area (Å²) in [7, 11) is 0. The summed E-state index contributed by atoms with van der Waals surface area (Å²) in [5, 5.41) is 5.69. The molecule has 1 aliphatic rings. The Morgan fingerprint density at radius 1 is 1.28 bits per heavy atom. The van der Waals surface area contributed by atoms with Crippen LogP contribution in [0.1, 0.15) is 13.0 Å². The van der Waals surface area contributed by atoms with E-state index >= 15 is 0 Å². The Morgan fingerprint density at radius 2 is 2.04 bits per heavy atom. The van der Waals surface area contributed by atoms with E-state index in [4.69, 9.17) is 0 Å². The van der Waals surface area contributed by atoms with Crippen LogP contribution in [0.25, 0.3) is 11.1 Å². The van der Waals surface area contributed by atoms with Crippen LogP contribution in [-0.4, -0.2) is 34.7 Å². The molecule has 1 atom stereocenters. The lowest BCUT2D eigenvalue weighted by Crippen LogP contribution is -2.38. The zero-order valence-electron chi connectivity index (χ0n) is 12.6. The van der Waals surface area contributed by atoms with Gasteiger partial charge in [-0.05, 0) is 18.6 Å². The molecule has 25 heavy (non-hydrogen) atoms. The van der Waals surface area contributed by atoms with E-state index in [-0.39, 0.29) is 29.8 Å². The summed E-state index contributed by atoms with van der Waals surface area (Å²) in [5.74, 6) is -3.10. The number of carbonyl (C=O) groups is 2. The number of nitrogens with one attached hydrogen (secondary N) is 1. The molecule has 1 unspecified atom stereocenters. The van der Waals surface area contributed by atoms with E-state index in [0.29, 0.717) is 11.1 Å². The number of hydrogen-bond donors (Lipinski definition) is 1. The lowest BCUT2D eigenvalue weighted by Gasteiger charge is -2.18. The number of anilines is 1. The normalized spacial score (nSPS) is 17.4. The number of rotatable bonds is 5. The molecule has 132 valence electrons. The fraction of sp³-hybridized carbons (Fsp3) is 0.267. The molecule has 0 radical (unpaired) electrons. The van der Waals surface area contributed by atoms with Crippen molar-refractivity contribution >= 4 is 18.0 Å². The molecule has 0 saturated carbocycles.